The molecule has 0 fully saturated rings. The molecule has 6 nitrogen and oxygen atoms in total. The van der Waals surface area contributed by atoms with Crippen molar-refractivity contribution in [1.82, 2.24) is 5.32 Å². The van der Waals surface area contributed by atoms with E-state index in [-0.39, 0.29) is 12.2 Å². The van der Waals surface area contributed by atoms with Crippen molar-refractivity contribution < 1.29 is 19.0 Å². The van der Waals surface area contributed by atoms with Gasteiger partial charge >= 0.3 is 0 Å². The van der Waals surface area contributed by atoms with Crippen LogP contribution in [0.3, 0.4) is 0 Å². The topological polar surface area (TPSA) is 80.6 Å². The Morgan fingerprint density at radius 3 is 2.48 bits per heavy atom. The highest BCUT2D eigenvalue weighted by Gasteiger charge is 2.09. The molecule has 0 saturated heterocycles. The third-order valence-corrected chi connectivity index (χ3v) is 4.03. The predicted octanol–water partition coefficient (Wildman–Crippen LogP) is 2.98. The van der Waals surface area contributed by atoms with Gasteiger partial charge in [0.2, 0.25) is 0 Å². The van der Waals surface area contributed by atoms with Crippen LogP contribution in [0, 0.1) is 23.7 Å². The number of carbonyl (C=O) groups is 1. The molecule has 0 saturated carbocycles. The number of nitriles is 1. The Kier molecular flexibility index (Phi) is 8.16. The van der Waals surface area contributed by atoms with Crippen LogP contribution in [0.4, 0.5) is 0 Å². The maximum Gasteiger partial charge on any atom is 0.261 e. The van der Waals surface area contributed by atoms with E-state index in [2.05, 4.69) is 11.2 Å². The first-order valence-electron chi connectivity index (χ1n) is 8.88. The molecular weight excluding hydrogens is 368 g/mol. The number of rotatable bonds is 9. The van der Waals surface area contributed by atoms with E-state index < -0.39 is 5.91 Å². The van der Waals surface area contributed by atoms with Crippen molar-refractivity contribution in [2.45, 2.75) is 6.42 Å². The Bertz CT molecular complexity index is 950. The van der Waals surface area contributed by atoms with Crippen molar-refractivity contribution >= 4 is 12.0 Å². The van der Waals surface area contributed by atoms with E-state index in [1.165, 1.54) is 6.08 Å². The number of nitrogens with zero attached hydrogens (tertiary/aromatic N) is 1. The number of hydrogen-bond acceptors (Lipinski definition) is 5. The Balaban J connectivity index is 1.95. The number of amides is 1. The van der Waals surface area contributed by atoms with Crippen LogP contribution in [0.1, 0.15) is 11.1 Å². The molecule has 0 aliphatic heterocycles. The summed E-state index contributed by atoms with van der Waals surface area (Å²) in [6.45, 7) is 0.563. The monoisotopic (exact) mass is 390 g/mol. The van der Waals surface area contributed by atoms with Crippen molar-refractivity contribution in [2.24, 2.45) is 0 Å². The molecule has 6 heteroatoms. The number of hydrogen-bond donors (Lipinski definition) is 1. The molecule has 0 spiro atoms. The van der Waals surface area contributed by atoms with Gasteiger partial charge in [-0.3, -0.25) is 4.79 Å². The smallest absolute Gasteiger partial charge is 0.261 e. The summed E-state index contributed by atoms with van der Waals surface area (Å²) >= 11 is 0. The first-order chi connectivity index (χ1) is 14.1. The van der Waals surface area contributed by atoms with Crippen molar-refractivity contribution in [3.8, 4) is 35.7 Å². The minimum Gasteiger partial charge on any atom is -0.493 e. The highest BCUT2D eigenvalue weighted by atomic mass is 16.5. The molecule has 0 heterocycles. The lowest BCUT2D eigenvalue weighted by Gasteiger charge is -2.10. The van der Waals surface area contributed by atoms with Crippen molar-refractivity contribution in [3.05, 3.63) is 59.2 Å². The maximum absolute atomic E-state index is 12.3. The molecular formula is C23H22N2O4. The molecule has 0 unspecified atom stereocenters. The second-order valence-electron chi connectivity index (χ2n) is 5.93. The van der Waals surface area contributed by atoms with E-state index in [0.717, 1.165) is 5.56 Å². The second kappa shape index (κ2) is 11.1. The zero-order valence-corrected chi connectivity index (χ0v) is 16.4. The summed E-state index contributed by atoms with van der Waals surface area (Å²) in [7, 11) is 3.15. The molecule has 0 aliphatic carbocycles. The van der Waals surface area contributed by atoms with Crippen LogP contribution < -0.4 is 19.5 Å². The van der Waals surface area contributed by atoms with E-state index in [1.54, 1.807) is 38.5 Å². The van der Waals surface area contributed by atoms with Gasteiger partial charge in [0.05, 0.1) is 14.2 Å². The average molecular weight is 390 g/mol. The van der Waals surface area contributed by atoms with Gasteiger partial charge in [-0.15, -0.1) is 6.42 Å². The van der Waals surface area contributed by atoms with E-state index in [9.17, 15) is 10.1 Å². The molecule has 0 aromatic heterocycles. The van der Waals surface area contributed by atoms with Crippen molar-refractivity contribution in [2.75, 3.05) is 27.4 Å². The first kappa shape index (κ1) is 21.4. The standard InChI is InChI=1S/C23H22N2O4/c1-4-13-29-20-8-5-17(6-9-20)14-19(16-24)23(26)25-12-11-18-7-10-21(27-2)22(15-18)28-3/h1,5-10,14-15H,11-13H2,2-3H3,(H,25,26)/b19-14-. The second-order valence-corrected chi connectivity index (χ2v) is 5.93. The molecule has 2 aromatic rings. The predicted molar refractivity (Wildman–Crippen MR) is 111 cm³/mol. The van der Waals surface area contributed by atoms with Crippen LogP contribution in [0.2, 0.25) is 0 Å². The molecule has 29 heavy (non-hydrogen) atoms. The fourth-order valence-corrected chi connectivity index (χ4v) is 2.55. The number of carbonyl (C=O) groups excluding carboxylic acids is 1. The Morgan fingerprint density at radius 2 is 1.86 bits per heavy atom. The van der Waals surface area contributed by atoms with Gasteiger partial charge in [0.1, 0.15) is 24.0 Å². The summed E-state index contributed by atoms with van der Waals surface area (Å²) in [5, 5.41) is 12.1. The summed E-state index contributed by atoms with van der Waals surface area (Å²) in [5.41, 5.74) is 1.72. The molecule has 1 N–H and O–H groups in total. The van der Waals surface area contributed by atoms with Crippen LogP contribution in [0.5, 0.6) is 17.2 Å². The van der Waals surface area contributed by atoms with Crippen molar-refractivity contribution in [3.63, 3.8) is 0 Å². The molecule has 1 amide bonds. The number of terminal acetylenes is 1. The van der Waals surface area contributed by atoms with Gasteiger partial charge in [-0.25, -0.2) is 0 Å². The van der Waals surface area contributed by atoms with Gasteiger partial charge < -0.3 is 19.5 Å². The summed E-state index contributed by atoms with van der Waals surface area (Å²) in [6.07, 6.45) is 7.26. The Hall–Kier alpha value is -3.90. The average Bonchev–Trinajstić information content (AvgIpc) is 2.76. The van der Waals surface area contributed by atoms with Crippen molar-refractivity contribution in [1.29, 1.82) is 5.26 Å². The summed E-state index contributed by atoms with van der Waals surface area (Å²) in [5.74, 6) is 3.85. The molecule has 0 bridgehead atoms. The third-order valence-electron chi connectivity index (χ3n) is 4.03. The Labute approximate surface area is 170 Å². The summed E-state index contributed by atoms with van der Waals surface area (Å²) < 4.78 is 15.8. The lowest BCUT2D eigenvalue weighted by molar-refractivity contribution is -0.117. The molecule has 0 radical (unpaired) electrons. The van der Waals surface area contributed by atoms with Crippen LogP contribution >= 0.6 is 0 Å². The normalized spacial score (nSPS) is 10.4. The minimum atomic E-state index is -0.430. The van der Waals surface area contributed by atoms with Gasteiger partial charge in [-0.2, -0.15) is 5.26 Å². The molecule has 148 valence electrons. The zero-order valence-electron chi connectivity index (χ0n) is 16.4. The van der Waals surface area contributed by atoms with E-state index in [0.29, 0.717) is 35.8 Å². The Morgan fingerprint density at radius 1 is 1.14 bits per heavy atom. The summed E-state index contributed by atoms with van der Waals surface area (Å²) in [6, 6.07) is 14.5. The van der Waals surface area contributed by atoms with Crippen LogP contribution in [0.25, 0.3) is 6.08 Å². The molecule has 2 rings (SSSR count). The number of nitrogens with one attached hydrogen (secondary N) is 1. The number of ether oxygens (including phenoxy) is 3. The van der Waals surface area contributed by atoms with E-state index >= 15 is 0 Å². The maximum atomic E-state index is 12.3. The highest BCUT2D eigenvalue weighted by molar-refractivity contribution is 6.01. The van der Waals surface area contributed by atoms with Crippen LogP contribution in [0.15, 0.2) is 48.0 Å². The molecule has 0 aliphatic rings. The fourth-order valence-electron chi connectivity index (χ4n) is 2.55. The van der Waals surface area contributed by atoms with Gasteiger partial charge in [-0.05, 0) is 47.9 Å². The van der Waals surface area contributed by atoms with Gasteiger partial charge in [0, 0.05) is 6.54 Å². The van der Waals surface area contributed by atoms with E-state index in [1.807, 2.05) is 24.3 Å². The van der Waals surface area contributed by atoms with Gasteiger partial charge in [0.25, 0.3) is 5.91 Å². The van der Waals surface area contributed by atoms with Crippen LogP contribution in [-0.4, -0.2) is 33.3 Å². The van der Waals surface area contributed by atoms with Gasteiger partial charge in [-0.1, -0.05) is 24.1 Å². The number of methoxy groups -OCH3 is 2. The highest BCUT2D eigenvalue weighted by Crippen LogP contribution is 2.27. The fraction of sp³-hybridized carbons (Fsp3) is 0.217. The van der Waals surface area contributed by atoms with Crippen LogP contribution in [-0.2, 0) is 11.2 Å². The molecule has 2 aromatic carbocycles. The zero-order chi connectivity index (χ0) is 21.1. The lowest BCUT2D eigenvalue weighted by Crippen LogP contribution is -2.26. The lowest BCUT2D eigenvalue weighted by atomic mass is 10.1. The van der Waals surface area contributed by atoms with Gasteiger partial charge in [0.15, 0.2) is 11.5 Å². The van der Waals surface area contributed by atoms with E-state index in [4.69, 9.17) is 20.6 Å². The third kappa shape index (κ3) is 6.34. The number of benzene rings is 2. The quantitative estimate of drug-likeness (QED) is 0.404. The summed E-state index contributed by atoms with van der Waals surface area (Å²) in [4.78, 5) is 12.3. The molecule has 0 atom stereocenters. The largest absolute Gasteiger partial charge is 0.493 e. The minimum absolute atomic E-state index is 0.0228. The first-order valence-corrected chi connectivity index (χ1v) is 8.88. The SMILES string of the molecule is C#CCOc1ccc(/C=C(/C#N)C(=O)NCCc2ccc(OC)c(OC)c2)cc1.